The van der Waals surface area contributed by atoms with Crippen LogP contribution in [-0.4, -0.2) is 19.5 Å². The van der Waals surface area contributed by atoms with Crippen molar-refractivity contribution in [3.05, 3.63) is 35.6 Å². The van der Waals surface area contributed by atoms with Crippen molar-refractivity contribution in [2.45, 2.75) is 38.4 Å². The molecule has 1 heterocycles. The van der Waals surface area contributed by atoms with E-state index in [0.29, 0.717) is 6.61 Å². The van der Waals surface area contributed by atoms with Gasteiger partial charge >= 0.3 is 0 Å². The summed E-state index contributed by atoms with van der Waals surface area (Å²) in [6.45, 7) is 1.53. The first kappa shape index (κ1) is 12.5. The molecule has 0 amide bonds. The molecule has 2 rings (SSSR count). The fourth-order valence-electron chi connectivity index (χ4n) is 1.98. The molecule has 1 unspecified atom stereocenters. The van der Waals surface area contributed by atoms with Gasteiger partial charge < -0.3 is 9.47 Å². The van der Waals surface area contributed by atoms with Crippen LogP contribution >= 0.6 is 0 Å². The predicted molar refractivity (Wildman–Crippen MR) is 64.3 cm³/mol. The summed E-state index contributed by atoms with van der Waals surface area (Å²) in [5.41, 5.74) is 1.15. The molecule has 3 heteroatoms. The Hall–Kier alpha value is -0.930. The number of ether oxygens (including phenoxy) is 2. The lowest BCUT2D eigenvalue weighted by molar-refractivity contribution is -0.162. The molecule has 0 saturated carbocycles. The fraction of sp³-hybridized carbons (Fsp3) is 0.571. The average molecular weight is 238 g/mol. The average Bonchev–Trinajstić information content (AvgIpc) is 2.38. The summed E-state index contributed by atoms with van der Waals surface area (Å²) in [4.78, 5) is 0. The Morgan fingerprint density at radius 3 is 2.76 bits per heavy atom. The highest BCUT2D eigenvalue weighted by Gasteiger charge is 2.13. The van der Waals surface area contributed by atoms with Crippen LogP contribution in [0, 0.1) is 5.82 Å². The number of halogens is 1. The van der Waals surface area contributed by atoms with Gasteiger partial charge in [0.1, 0.15) is 5.82 Å². The third-order valence-corrected chi connectivity index (χ3v) is 2.96. The normalized spacial score (nSPS) is 20.4. The van der Waals surface area contributed by atoms with Crippen molar-refractivity contribution in [3.8, 4) is 0 Å². The highest BCUT2D eigenvalue weighted by molar-refractivity contribution is 5.15. The Morgan fingerprint density at radius 2 is 2.06 bits per heavy atom. The van der Waals surface area contributed by atoms with Crippen molar-refractivity contribution < 1.29 is 13.9 Å². The Bertz CT molecular complexity index is 317. The molecule has 0 aliphatic carbocycles. The first-order valence-electron chi connectivity index (χ1n) is 6.32. The molecule has 94 valence electrons. The van der Waals surface area contributed by atoms with Gasteiger partial charge in [0.2, 0.25) is 0 Å². The fourth-order valence-corrected chi connectivity index (χ4v) is 1.98. The van der Waals surface area contributed by atoms with E-state index in [4.69, 9.17) is 9.47 Å². The summed E-state index contributed by atoms with van der Waals surface area (Å²) < 4.78 is 23.8. The van der Waals surface area contributed by atoms with Crippen LogP contribution in [0.25, 0.3) is 0 Å². The van der Waals surface area contributed by atoms with E-state index in [1.165, 1.54) is 18.6 Å². The quantitative estimate of drug-likeness (QED) is 0.733. The molecule has 1 aromatic carbocycles. The van der Waals surface area contributed by atoms with Crippen LogP contribution in [0.1, 0.15) is 31.2 Å². The van der Waals surface area contributed by atoms with Crippen molar-refractivity contribution in [1.29, 1.82) is 0 Å². The van der Waals surface area contributed by atoms with E-state index in [1.54, 1.807) is 0 Å². The van der Waals surface area contributed by atoms with Gasteiger partial charge in [0, 0.05) is 6.61 Å². The van der Waals surface area contributed by atoms with Crippen molar-refractivity contribution in [3.63, 3.8) is 0 Å². The SMILES string of the molecule is Fc1ccc(CCCOC2CCCCO2)cc1. The van der Waals surface area contributed by atoms with Crippen LogP contribution < -0.4 is 0 Å². The summed E-state index contributed by atoms with van der Waals surface area (Å²) in [6.07, 6.45) is 5.23. The summed E-state index contributed by atoms with van der Waals surface area (Å²) in [7, 11) is 0. The van der Waals surface area contributed by atoms with Crippen LogP contribution in [0.15, 0.2) is 24.3 Å². The lowest BCUT2D eigenvalue weighted by Gasteiger charge is -2.22. The molecule has 0 bridgehead atoms. The minimum absolute atomic E-state index is 0.00281. The smallest absolute Gasteiger partial charge is 0.157 e. The predicted octanol–water partition coefficient (Wildman–Crippen LogP) is 3.30. The van der Waals surface area contributed by atoms with Crippen molar-refractivity contribution >= 4 is 0 Å². The molecule has 1 aliphatic heterocycles. The number of rotatable bonds is 5. The molecule has 0 aromatic heterocycles. The summed E-state index contributed by atoms with van der Waals surface area (Å²) in [5, 5.41) is 0. The molecule has 1 aliphatic rings. The van der Waals surface area contributed by atoms with E-state index in [9.17, 15) is 4.39 Å². The topological polar surface area (TPSA) is 18.5 Å². The van der Waals surface area contributed by atoms with E-state index < -0.39 is 0 Å². The second-order valence-electron chi connectivity index (χ2n) is 4.40. The maximum Gasteiger partial charge on any atom is 0.157 e. The number of benzene rings is 1. The van der Waals surface area contributed by atoms with Gasteiger partial charge in [-0.15, -0.1) is 0 Å². The Kier molecular flexibility index (Phi) is 4.95. The number of hydrogen-bond acceptors (Lipinski definition) is 2. The van der Waals surface area contributed by atoms with Gasteiger partial charge in [-0.2, -0.15) is 0 Å². The third-order valence-electron chi connectivity index (χ3n) is 2.96. The Morgan fingerprint density at radius 1 is 1.24 bits per heavy atom. The van der Waals surface area contributed by atoms with Crippen LogP contribution in [0.2, 0.25) is 0 Å². The standard InChI is InChI=1S/C14H19FO2/c15-13-8-6-12(7-9-13)4-3-11-17-14-5-1-2-10-16-14/h6-9,14H,1-5,10-11H2. The highest BCUT2D eigenvalue weighted by Crippen LogP contribution is 2.14. The Balaban J connectivity index is 1.60. The molecule has 1 saturated heterocycles. The van der Waals surface area contributed by atoms with E-state index >= 15 is 0 Å². The minimum Gasteiger partial charge on any atom is -0.353 e. The van der Waals surface area contributed by atoms with Gasteiger partial charge in [0.15, 0.2) is 6.29 Å². The summed E-state index contributed by atoms with van der Waals surface area (Å²) >= 11 is 0. The van der Waals surface area contributed by atoms with E-state index in [2.05, 4.69) is 0 Å². The van der Waals surface area contributed by atoms with E-state index in [0.717, 1.165) is 37.9 Å². The monoisotopic (exact) mass is 238 g/mol. The molecule has 1 fully saturated rings. The number of aryl methyl sites for hydroxylation is 1. The zero-order valence-corrected chi connectivity index (χ0v) is 10.0. The largest absolute Gasteiger partial charge is 0.353 e. The van der Waals surface area contributed by atoms with Crippen LogP contribution in [0.3, 0.4) is 0 Å². The molecule has 0 spiro atoms. The molecule has 0 radical (unpaired) electrons. The molecule has 17 heavy (non-hydrogen) atoms. The summed E-state index contributed by atoms with van der Waals surface area (Å²) in [5.74, 6) is -0.180. The Labute approximate surface area is 102 Å². The molecule has 0 N–H and O–H groups in total. The highest BCUT2D eigenvalue weighted by atomic mass is 19.1. The van der Waals surface area contributed by atoms with Crippen LogP contribution in [-0.2, 0) is 15.9 Å². The van der Waals surface area contributed by atoms with Crippen LogP contribution in [0.4, 0.5) is 4.39 Å². The second-order valence-corrected chi connectivity index (χ2v) is 4.40. The van der Waals surface area contributed by atoms with Crippen LogP contribution in [0.5, 0.6) is 0 Å². The first-order valence-corrected chi connectivity index (χ1v) is 6.32. The van der Waals surface area contributed by atoms with E-state index in [-0.39, 0.29) is 12.1 Å². The van der Waals surface area contributed by atoms with Gasteiger partial charge in [-0.25, -0.2) is 4.39 Å². The zero-order valence-electron chi connectivity index (χ0n) is 10.0. The molecular weight excluding hydrogens is 219 g/mol. The molecule has 1 atom stereocenters. The van der Waals surface area contributed by atoms with Gasteiger partial charge in [0.05, 0.1) is 6.61 Å². The minimum atomic E-state index is -0.180. The molecule has 1 aromatic rings. The first-order chi connectivity index (χ1) is 8.34. The third kappa shape index (κ3) is 4.44. The lowest BCUT2D eigenvalue weighted by Crippen LogP contribution is -2.22. The summed E-state index contributed by atoms with van der Waals surface area (Å²) in [6, 6.07) is 6.65. The molecule has 2 nitrogen and oxygen atoms in total. The van der Waals surface area contributed by atoms with Gasteiger partial charge in [-0.3, -0.25) is 0 Å². The maximum atomic E-state index is 12.7. The maximum absolute atomic E-state index is 12.7. The molecular formula is C14H19FO2. The van der Waals surface area contributed by atoms with Crippen molar-refractivity contribution in [2.24, 2.45) is 0 Å². The number of hydrogen-bond donors (Lipinski definition) is 0. The van der Waals surface area contributed by atoms with Gasteiger partial charge in [-0.1, -0.05) is 12.1 Å². The van der Waals surface area contributed by atoms with Crippen molar-refractivity contribution in [2.75, 3.05) is 13.2 Å². The second kappa shape index (κ2) is 6.72. The van der Waals surface area contributed by atoms with Gasteiger partial charge in [0.25, 0.3) is 0 Å². The van der Waals surface area contributed by atoms with Crippen molar-refractivity contribution in [1.82, 2.24) is 0 Å². The van der Waals surface area contributed by atoms with Gasteiger partial charge in [-0.05, 0) is 49.8 Å². The van der Waals surface area contributed by atoms with E-state index in [1.807, 2.05) is 12.1 Å². The lowest BCUT2D eigenvalue weighted by atomic mass is 10.1. The zero-order chi connectivity index (χ0) is 11.9.